The highest BCUT2D eigenvalue weighted by Crippen LogP contribution is 2.22. The van der Waals surface area contributed by atoms with Crippen LogP contribution in [0.5, 0.6) is 0 Å². The molecule has 0 saturated carbocycles. The van der Waals surface area contributed by atoms with Gasteiger partial charge in [0.1, 0.15) is 5.82 Å². The van der Waals surface area contributed by atoms with E-state index in [9.17, 15) is 4.79 Å². The molecule has 1 fully saturated rings. The Hall–Kier alpha value is -3.32. The summed E-state index contributed by atoms with van der Waals surface area (Å²) in [5.74, 6) is 1.53. The summed E-state index contributed by atoms with van der Waals surface area (Å²) in [6.07, 6.45) is 2.36. The molecular formula is C22H23ClN6O. The number of halogens is 1. The lowest BCUT2D eigenvalue weighted by atomic mass is 10.2. The average Bonchev–Trinajstić information content (AvgIpc) is 3.26. The summed E-state index contributed by atoms with van der Waals surface area (Å²) in [6, 6.07) is 16.0. The molecule has 1 saturated heterocycles. The minimum Gasteiger partial charge on any atom is -0.341 e. The van der Waals surface area contributed by atoms with Gasteiger partial charge in [-0.2, -0.15) is 4.98 Å². The maximum atomic E-state index is 12.2. The van der Waals surface area contributed by atoms with Crippen molar-refractivity contribution in [1.29, 1.82) is 0 Å². The SMILES string of the molecule is Cc1cc(Nc2ccc(NC(=O)Nc3ccc(Cl)cc3)cc2)nc(N2CCCC2)n1. The second kappa shape index (κ2) is 9.00. The molecule has 4 rings (SSSR count). The molecule has 0 atom stereocenters. The third-order valence-corrected chi connectivity index (χ3v) is 5.00. The second-order valence-corrected chi connectivity index (χ2v) is 7.61. The monoisotopic (exact) mass is 422 g/mol. The molecule has 1 aromatic heterocycles. The van der Waals surface area contributed by atoms with Crippen LogP contribution in [0.15, 0.2) is 54.6 Å². The first-order valence-electron chi connectivity index (χ1n) is 9.86. The van der Waals surface area contributed by atoms with Crippen molar-refractivity contribution in [2.24, 2.45) is 0 Å². The van der Waals surface area contributed by atoms with Crippen LogP contribution < -0.4 is 20.9 Å². The number of anilines is 5. The minimum atomic E-state index is -0.320. The zero-order valence-electron chi connectivity index (χ0n) is 16.7. The average molecular weight is 423 g/mol. The molecule has 2 amide bonds. The maximum absolute atomic E-state index is 12.2. The number of aryl methyl sites for hydroxylation is 1. The molecule has 8 heteroatoms. The Labute approximate surface area is 180 Å². The number of benzene rings is 2. The number of carbonyl (C=O) groups excluding carboxylic acids is 1. The van der Waals surface area contributed by atoms with Gasteiger partial charge in [0.2, 0.25) is 5.95 Å². The van der Waals surface area contributed by atoms with Gasteiger partial charge in [-0.1, -0.05) is 11.6 Å². The van der Waals surface area contributed by atoms with Crippen LogP contribution in [0.2, 0.25) is 5.02 Å². The van der Waals surface area contributed by atoms with Gasteiger partial charge in [0.05, 0.1) is 0 Å². The molecule has 0 aliphatic carbocycles. The van der Waals surface area contributed by atoms with E-state index in [2.05, 4.69) is 30.8 Å². The van der Waals surface area contributed by atoms with Gasteiger partial charge in [-0.25, -0.2) is 9.78 Å². The van der Waals surface area contributed by atoms with Gasteiger partial charge < -0.3 is 20.9 Å². The van der Waals surface area contributed by atoms with Crippen molar-refractivity contribution in [1.82, 2.24) is 9.97 Å². The van der Waals surface area contributed by atoms with E-state index in [0.717, 1.165) is 36.2 Å². The lowest BCUT2D eigenvalue weighted by Crippen LogP contribution is -2.21. The number of amides is 2. The normalized spacial score (nSPS) is 13.2. The first-order valence-corrected chi connectivity index (χ1v) is 10.2. The Morgan fingerprint density at radius 2 is 1.47 bits per heavy atom. The number of aromatic nitrogens is 2. The Kier molecular flexibility index (Phi) is 5.99. The molecule has 2 aromatic carbocycles. The minimum absolute atomic E-state index is 0.320. The van der Waals surface area contributed by atoms with E-state index in [1.54, 1.807) is 24.3 Å². The van der Waals surface area contributed by atoms with Crippen molar-refractivity contribution in [3.05, 3.63) is 65.3 Å². The molecule has 7 nitrogen and oxygen atoms in total. The van der Waals surface area contributed by atoms with E-state index in [-0.39, 0.29) is 6.03 Å². The Morgan fingerprint density at radius 3 is 2.10 bits per heavy atom. The number of urea groups is 1. The van der Waals surface area contributed by atoms with E-state index in [0.29, 0.717) is 16.4 Å². The van der Waals surface area contributed by atoms with Crippen molar-refractivity contribution in [2.75, 3.05) is 33.9 Å². The van der Waals surface area contributed by atoms with Crippen molar-refractivity contribution < 1.29 is 4.79 Å². The van der Waals surface area contributed by atoms with Crippen molar-refractivity contribution >= 4 is 46.5 Å². The Morgan fingerprint density at radius 1 is 0.900 bits per heavy atom. The van der Waals surface area contributed by atoms with Gasteiger partial charge in [0.15, 0.2) is 0 Å². The highest BCUT2D eigenvalue weighted by atomic mass is 35.5. The lowest BCUT2D eigenvalue weighted by molar-refractivity contribution is 0.262. The van der Waals surface area contributed by atoms with Crippen molar-refractivity contribution in [2.45, 2.75) is 19.8 Å². The number of rotatable bonds is 5. The number of carbonyl (C=O) groups is 1. The molecule has 0 unspecified atom stereocenters. The molecule has 3 N–H and O–H groups in total. The smallest absolute Gasteiger partial charge is 0.323 e. The summed E-state index contributed by atoms with van der Waals surface area (Å²) in [4.78, 5) is 23.6. The van der Waals surface area contributed by atoms with Crippen LogP contribution in [0.3, 0.4) is 0 Å². The second-order valence-electron chi connectivity index (χ2n) is 7.18. The van der Waals surface area contributed by atoms with Gasteiger partial charge >= 0.3 is 6.03 Å². The van der Waals surface area contributed by atoms with Crippen molar-refractivity contribution in [3.63, 3.8) is 0 Å². The van der Waals surface area contributed by atoms with Gasteiger partial charge in [0.25, 0.3) is 0 Å². The van der Waals surface area contributed by atoms with E-state index >= 15 is 0 Å². The van der Waals surface area contributed by atoms with Crippen LogP contribution in [0.1, 0.15) is 18.5 Å². The molecule has 30 heavy (non-hydrogen) atoms. The predicted octanol–water partition coefficient (Wildman–Crippen LogP) is 5.43. The van der Waals surface area contributed by atoms with E-state index < -0.39 is 0 Å². The summed E-state index contributed by atoms with van der Waals surface area (Å²) in [6.45, 7) is 3.97. The molecule has 154 valence electrons. The van der Waals surface area contributed by atoms with Crippen LogP contribution in [-0.2, 0) is 0 Å². The highest BCUT2D eigenvalue weighted by Gasteiger charge is 2.16. The molecule has 3 aromatic rings. The first-order chi connectivity index (χ1) is 14.5. The zero-order chi connectivity index (χ0) is 20.9. The molecule has 0 radical (unpaired) electrons. The quantitative estimate of drug-likeness (QED) is 0.511. The summed E-state index contributed by atoms with van der Waals surface area (Å²) >= 11 is 5.86. The largest absolute Gasteiger partial charge is 0.341 e. The molecule has 0 bridgehead atoms. The molecule has 1 aliphatic heterocycles. The fraction of sp³-hybridized carbons (Fsp3) is 0.227. The fourth-order valence-electron chi connectivity index (χ4n) is 3.29. The van der Waals surface area contributed by atoms with E-state index in [1.807, 2.05) is 37.3 Å². The lowest BCUT2D eigenvalue weighted by Gasteiger charge is -2.17. The number of hydrogen-bond acceptors (Lipinski definition) is 5. The van der Waals surface area contributed by atoms with Crippen molar-refractivity contribution in [3.8, 4) is 0 Å². The Balaban J connectivity index is 1.37. The number of nitrogens with zero attached hydrogens (tertiary/aromatic N) is 3. The Bertz CT molecular complexity index is 1020. The topological polar surface area (TPSA) is 82.2 Å². The van der Waals surface area contributed by atoms with Gasteiger partial charge in [-0.15, -0.1) is 0 Å². The predicted molar refractivity (Wildman–Crippen MR) is 122 cm³/mol. The van der Waals surface area contributed by atoms with Gasteiger partial charge in [-0.05, 0) is 68.3 Å². The number of hydrogen-bond donors (Lipinski definition) is 3. The first kappa shape index (κ1) is 20.0. The summed E-state index contributed by atoms with van der Waals surface area (Å²) in [5, 5.41) is 9.51. The van der Waals surface area contributed by atoms with Gasteiger partial charge in [-0.3, -0.25) is 0 Å². The molecular weight excluding hydrogens is 400 g/mol. The van der Waals surface area contributed by atoms with Crippen LogP contribution in [0.25, 0.3) is 0 Å². The summed E-state index contributed by atoms with van der Waals surface area (Å²) < 4.78 is 0. The maximum Gasteiger partial charge on any atom is 0.323 e. The molecule has 1 aliphatic rings. The van der Waals surface area contributed by atoms with Gasteiger partial charge in [0, 0.05) is 46.9 Å². The summed E-state index contributed by atoms with van der Waals surface area (Å²) in [7, 11) is 0. The third-order valence-electron chi connectivity index (χ3n) is 4.75. The zero-order valence-corrected chi connectivity index (χ0v) is 17.4. The molecule has 0 spiro atoms. The van der Waals surface area contributed by atoms with Crippen LogP contribution in [-0.4, -0.2) is 29.1 Å². The highest BCUT2D eigenvalue weighted by molar-refractivity contribution is 6.30. The number of nitrogens with one attached hydrogen (secondary N) is 3. The fourth-order valence-corrected chi connectivity index (χ4v) is 3.41. The molecule has 2 heterocycles. The van der Waals surface area contributed by atoms with E-state index in [1.165, 1.54) is 12.8 Å². The van der Waals surface area contributed by atoms with Crippen LogP contribution >= 0.6 is 11.6 Å². The van der Waals surface area contributed by atoms with Crippen LogP contribution in [0.4, 0.5) is 33.6 Å². The third kappa shape index (κ3) is 5.18. The van der Waals surface area contributed by atoms with E-state index in [4.69, 9.17) is 11.6 Å². The van der Waals surface area contributed by atoms with Crippen LogP contribution in [0, 0.1) is 6.92 Å². The summed E-state index contributed by atoms with van der Waals surface area (Å²) in [5.41, 5.74) is 3.16. The standard InChI is InChI=1S/C22H23ClN6O/c1-15-14-20(28-21(24-15)29-12-2-3-13-29)25-17-8-10-19(11-9-17)27-22(30)26-18-6-4-16(23)5-7-18/h4-11,14H,2-3,12-13H2,1H3,(H,24,25,28)(H2,26,27,30).